The second-order valence-electron chi connectivity index (χ2n) is 9.32. The van der Waals surface area contributed by atoms with Gasteiger partial charge in [0.25, 0.3) is 0 Å². The zero-order chi connectivity index (χ0) is 27.4. The fourth-order valence-electron chi connectivity index (χ4n) is 3.72. The molecule has 10 heteroatoms. The van der Waals surface area contributed by atoms with Crippen molar-refractivity contribution >= 4 is 23.7 Å². The Kier molecular flexibility index (Phi) is 11.7. The van der Waals surface area contributed by atoms with Crippen molar-refractivity contribution in [2.75, 3.05) is 6.61 Å². The van der Waals surface area contributed by atoms with Crippen molar-refractivity contribution in [1.29, 1.82) is 0 Å². The molecule has 2 aromatic carbocycles. The lowest BCUT2D eigenvalue weighted by atomic mass is 10.00. The van der Waals surface area contributed by atoms with Crippen LogP contribution in [0, 0.1) is 5.92 Å². The molecule has 7 N–H and O–H groups in total. The Morgan fingerprint density at radius 2 is 1.16 bits per heavy atom. The monoisotopic (exact) mass is 512 g/mol. The SMILES string of the molecule is CC(C)CC(NC(=O)C(Cc1ccccc1)NC(=O)C(N)CO)C(=O)NC(Cc1ccccc1)C(=O)O. The van der Waals surface area contributed by atoms with Crippen LogP contribution in [-0.4, -0.2) is 64.7 Å². The summed E-state index contributed by atoms with van der Waals surface area (Å²) in [5.41, 5.74) is 7.11. The normalized spacial score (nSPS) is 14.2. The van der Waals surface area contributed by atoms with E-state index in [0.29, 0.717) is 0 Å². The summed E-state index contributed by atoms with van der Waals surface area (Å²) in [7, 11) is 0. The molecule has 0 aliphatic rings. The average Bonchev–Trinajstić information content (AvgIpc) is 2.87. The number of carbonyl (C=O) groups excluding carboxylic acids is 3. The maximum absolute atomic E-state index is 13.3. The van der Waals surface area contributed by atoms with E-state index in [9.17, 15) is 29.4 Å². The fraction of sp³-hybridized carbons (Fsp3) is 0.407. The number of carboxylic acid groups (broad SMARTS) is 1. The first-order chi connectivity index (χ1) is 17.6. The van der Waals surface area contributed by atoms with Gasteiger partial charge >= 0.3 is 5.97 Å². The third-order valence-electron chi connectivity index (χ3n) is 5.69. The van der Waals surface area contributed by atoms with Crippen molar-refractivity contribution in [2.24, 2.45) is 11.7 Å². The van der Waals surface area contributed by atoms with Gasteiger partial charge in [-0.25, -0.2) is 4.79 Å². The van der Waals surface area contributed by atoms with Crippen LogP contribution < -0.4 is 21.7 Å². The number of amides is 3. The van der Waals surface area contributed by atoms with E-state index in [2.05, 4.69) is 16.0 Å². The molecule has 0 bridgehead atoms. The molecule has 0 aliphatic heterocycles. The summed E-state index contributed by atoms with van der Waals surface area (Å²) in [6.07, 6.45) is 0.450. The van der Waals surface area contributed by atoms with Crippen LogP contribution in [0.5, 0.6) is 0 Å². The number of benzene rings is 2. The molecule has 10 nitrogen and oxygen atoms in total. The molecule has 37 heavy (non-hydrogen) atoms. The van der Waals surface area contributed by atoms with Crippen molar-refractivity contribution in [3.05, 3.63) is 71.8 Å². The Balaban J connectivity index is 2.20. The predicted molar refractivity (Wildman–Crippen MR) is 138 cm³/mol. The second-order valence-corrected chi connectivity index (χ2v) is 9.32. The molecule has 0 spiro atoms. The summed E-state index contributed by atoms with van der Waals surface area (Å²) in [5.74, 6) is -3.17. The summed E-state index contributed by atoms with van der Waals surface area (Å²) in [6, 6.07) is 13.4. The van der Waals surface area contributed by atoms with Crippen molar-refractivity contribution in [3.8, 4) is 0 Å². The number of aliphatic hydroxyl groups excluding tert-OH is 1. The quantitative estimate of drug-likeness (QED) is 0.212. The zero-order valence-electron chi connectivity index (χ0n) is 21.1. The van der Waals surface area contributed by atoms with Crippen LogP contribution in [0.15, 0.2) is 60.7 Å². The molecule has 0 heterocycles. The van der Waals surface area contributed by atoms with Gasteiger partial charge < -0.3 is 31.9 Å². The maximum atomic E-state index is 13.3. The van der Waals surface area contributed by atoms with E-state index in [1.54, 1.807) is 48.5 Å². The van der Waals surface area contributed by atoms with Crippen LogP contribution in [-0.2, 0) is 32.0 Å². The molecule has 200 valence electrons. The third kappa shape index (κ3) is 10.0. The van der Waals surface area contributed by atoms with Gasteiger partial charge in [0, 0.05) is 12.8 Å². The summed E-state index contributed by atoms with van der Waals surface area (Å²) >= 11 is 0. The van der Waals surface area contributed by atoms with Gasteiger partial charge in [-0.3, -0.25) is 14.4 Å². The number of hydrogen-bond acceptors (Lipinski definition) is 6. The Morgan fingerprint density at radius 3 is 1.62 bits per heavy atom. The Morgan fingerprint density at radius 1 is 0.730 bits per heavy atom. The molecule has 0 radical (unpaired) electrons. The molecular weight excluding hydrogens is 476 g/mol. The average molecular weight is 513 g/mol. The third-order valence-corrected chi connectivity index (χ3v) is 5.69. The summed E-state index contributed by atoms with van der Waals surface area (Å²) in [5, 5.41) is 26.6. The first-order valence-electron chi connectivity index (χ1n) is 12.2. The zero-order valence-corrected chi connectivity index (χ0v) is 21.1. The summed E-state index contributed by atoms with van der Waals surface area (Å²) < 4.78 is 0. The summed E-state index contributed by atoms with van der Waals surface area (Å²) in [4.78, 5) is 50.6. The highest BCUT2D eigenvalue weighted by atomic mass is 16.4. The summed E-state index contributed by atoms with van der Waals surface area (Å²) in [6.45, 7) is 3.14. The molecule has 0 saturated heterocycles. The van der Waals surface area contributed by atoms with E-state index in [4.69, 9.17) is 5.73 Å². The lowest BCUT2D eigenvalue weighted by Gasteiger charge is -2.26. The first kappa shape index (κ1) is 29.5. The number of rotatable bonds is 14. The molecule has 2 rings (SSSR count). The van der Waals surface area contributed by atoms with Crippen LogP contribution in [0.1, 0.15) is 31.4 Å². The van der Waals surface area contributed by atoms with E-state index in [1.165, 1.54) is 0 Å². The first-order valence-corrected chi connectivity index (χ1v) is 12.2. The van der Waals surface area contributed by atoms with Crippen molar-refractivity contribution < 1.29 is 29.4 Å². The van der Waals surface area contributed by atoms with Crippen LogP contribution in [0.3, 0.4) is 0 Å². The standard InChI is InChI=1S/C27H36N4O6/c1-17(2)13-21(25(34)31-23(27(36)37)15-19-11-7-4-8-12-19)30-26(35)22(29-24(33)20(28)16-32)14-18-9-5-3-6-10-18/h3-12,17,20-23,32H,13-16,28H2,1-2H3,(H,29,33)(H,30,35)(H,31,34)(H,36,37). The van der Waals surface area contributed by atoms with Gasteiger partial charge in [0.05, 0.1) is 6.61 Å². The molecule has 3 amide bonds. The Hall–Kier alpha value is -3.76. The van der Waals surface area contributed by atoms with E-state index in [-0.39, 0.29) is 25.2 Å². The minimum absolute atomic E-state index is 0.00146. The molecule has 4 unspecified atom stereocenters. The van der Waals surface area contributed by atoms with Gasteiger partial charge in [-0.2, -0.15) is 0 Å². The van der Waals surface area contributed by atoms with Crippen molar-refractivity contribution in [2.45, 2.75) is 57.3 Å². The van der Waals surface area contributed by atoms with Crippen LogP contribution in [0.25, 0.3) is 0 Å². The van der Waals surface area contributed by atoms with Crippen LogP contribution >= 0.6 is 0 Å². The highest BCUT2D eigenvalue weighted by Crippen LogP contribution is 2.10. The maximum Gasteiger partial charge on any atom is 0.326 e. The fourth-order valence-corrected chi connectivity index (χ4v) is 3.72. The molecule has 4 atom stereocenters. The predicted octanol–water partition coefficient (Wildman–Crippen LogP) is 0.377. The lowest BCUT2D eigenvalue weighted by molar-refractivity contribution is -0.142. The lowest BCUT2D eigenvalue weighted by Crippen LogP contribution is -2.58. The molecule has 0 saturated carbocycles. The molecule has 0 aromatic heterocycles. The van der Waals surface area contributed by atoms with E-state index in [0.717, 1.165) is 11.1 Å². The number of aliphatic carboxylic acids is 1. The number of nitrogens with one attached hydrogen (secondary N) is 3. The number of aliphatic hydroxyl groups is 1. The van der Waals surface area contributed by atoms with Crippen LogP contribution in [0.4, 0.5) is 0 Å². The Bertz CT molecular complexity index is 1030. The van der Waals surface area contributed by atoms with Gasteiger partial charge in [0.1, 0.15) is 24.2 Å². The van der Waals surface area contributed by atoms with E-state index in [1.807, 2.05) is 26.0 Å². The second kappa shape index (κ2) is 14.7. The number of carboxylic acids is 1. The van der Waals surface area contributed by atoms with Crippen molar-refractivity contribution in [3.63, 3.8) is 0 Å². The highest BCUT2D eigenvalue weighted by Gasteiger charge is 2.31. The number of hydrogen-bond donors (Lipinski definition) is 6. The van der Waals surface area contributed by atoms with Gasteiger partial charge in [-0.15, -0.1) is 0 Å². The van der Waals surface area contributed by atoms with Crippen LogP contribution in [0.2, 0.25) is 0 Å². The highest BCUT2D eigenvalue weighted by molar-refractivity contribution is 5.94. The topological polar surface area (TPSA) is 171 Å². The minimum atomic E-state index is -1.21. The molecule has 2 aromatic rings. The Labute approximate surface area is 216 Å². The van der Waals surface area contributed by atoms with Gasteiger partial charge in [-0.1, -0.05) is 74.5 Å². The van der Waals surface area contributed by atoms with Gasteiger partial charge in [-0.05, 0) is 23.5 Å². The smallest absolute Gasteiger partial charge is 0.326 e. The molecule has 0 fully saturated rings. The van der Waals surface area contributed by atoms with Gasteiger partial charge in [0.15, 0.2) is 0 Å². The molecular formula is C27H36N4O6. The number of carbonyl (C=O) groups is 4. The largest absolute Gasteiger partial charge is 0.480 e. The van der Waals surface area contributed by atoms with Gasteiger partial charge in [0.2, 0.25) is 17.7 Å². The molecule has 0 aliphatic carbocycles. The minimum Gasteiger partial charge on any atom is -0.480 e. The van der Waals surface area contributed by atoms with E-state index >= 15 is 0 Å². The number of nitrogens with two attached hydrogens (primary N) is 1. The van der Waals surface area contributed by atoms with E-state index < -0.39 is 54.5 Å². The van der Waals surface area contributed by atoms with Crippen molar-refractivity contribution in [1.82, 2.24) is 16.0 Å².